The number of H-pyrrole nitrogens is 1. The van der Waals surface area contributed by atoms with Gasteiger partial charge in [-0.25, -0.2) is 4.98 Å². The molecule has 0 bridgehead atoms. The van der Waals surface area contributed by atoms with Crippen LogP contribution >= 0.6 is 15.9 Å². The molecule has 0 aromatic carbocycles. The van der Waals surface area contributed by atoms with E-state index in [1.807, 2.05) is 0 Å². The fraction of sp³-hybridized carbons (Fsp3) is 0.692. The largest absolute Gasteiger partial charge is 0.356 e. The van der Waals surface area contributed by atoms with Crippen LogP contribution in [0.5, 0.6) is 0 Å². The Bertz CT molecular complexity index is 431. The van der Waals surface area contributed by atoms with Crippen molar-refractivity contribution in [2.75, 3.05) is 37.6 Å². The number of anilines is 1. The van der Waals surface area contributed by atoms with Crippen molar-refractivity contribution in [1.82, 2.24) is 14.9 Å². The normalized spacial score (nSPS) is 11.0. The molecule has 0 atom stereocenters. The van der Waals surface area contributed by atoms with Crippen LogP contribution in [0.4, 0.5) is 5.82 Å². The summed E-state index contributed by atoms with van der Waals surface area (Å²) in [6.07, 6.45) is 2.52. The predicted molar refractivity (Wildman–Crippen MR) is 82.8 cm³/mol. The molecule has 5 nitrogen and oxygen atoms in total. The van der Waals surface area contributed by atoms with Crippen molar-refractivity contribution in [1.29, 1.82) is 0 Å². The highest BCUT2D eigenvalue weighted by Crippen LogP contribution is 2.18. The molecule has 0 radical (unpaired) electrons. The summed E-state index contributed by atoms with van der Waals surface area (Å²) in [6.45, 7) is 11.4. The van der Waals surface area contributed by atoms with Crippen LogP contribution in [-0.4, -0.2) is 47.6 Å². The van der Waals surface area contributed by atoms with Gasteiger partial charge in [0, 0.05) is 13.1 Å². The quantitative estimate of drug-likeness (QED) is 0.793. The molecule has 1 aromatic rings. The zero-order valence-corrected chi connectivity index (χ0v) is 13.5. The molecule has 0 spiro atoms. The van der Waals surface area contributed by atoms with Crippen LogP contribution in [0.3, 0.4) is 0 Å². The summed E-state index contributed by atoms with van der Waals surface area (Å²) in [5.41, 5.74) is -0.132. The van der Waals surface area contributed by atoms with E-state index in [1.165, 1.54) is 6.33 Å². The van der Waals surface area contributed by atoms with Gasteiger partial charge in [0.25, 0.3) is 5.56 Å². The molecule has 0 saturated carbocycles. The maximum absolute atomic E-state index is 11.6. The Morgan fingerprint density at radius 1 is 1.21 bits per heavy atom. The van der Waals surface area contributed by atoms with Gasteiger partial charge in [0.1, 0.15) is 10.3 Å². The van der Waals surface area contributed by atoms with Gasteiger partial charge in [0.15, 0.2) is 0 Å². The minimum absolute atomic E-state index is 0.132. The summed E-state index contributed by atoms with van der Waals surface area (Å²) in [6, 6.07) is 0. The van der Waals surface area contributed by atoms with Gasteiger partial charge < -0.3 is 14.8 Å². The van der Waals surface area contributed by atoms with Gasteiger partial charge in [-0.05, 0) is 48.9 Å². The summed E-state index contributed by atoms with van der Waals surface area (Å²) >= 11 is 3.31. The van der Waals surface area contributed by atoms with Crippen molar-refractivity contribution in [2.45, 2.75) is 27.2 Å². The molecule has 0 aliphatic carbocycles. The second-order valence-electron chi connectivity index (χ2n) is 4.33. The Hall–Kier alpha value is -0.880. The lowest BCUT2D eigenvalue weighted by Crippen LogP contribution is -2.31. The van der Waals surface area contributed by atoms with E-state index in [9.17, 15) is 4.79 Å². The highest BCUT2D eigenvalue weighted by Gasteiger charge is 2.12. The number of nitrogens with zero attached hydrogens (tertiary/aromatic N) is 3. The molecule has 0 amide bonds. The third kappa shape index (κ3) is 4.62. The van der Waals surface area contributed by atoms with E-state index < -0.39 is 0 Å². The molecular weight excluding hydrogens is 308 g/mol. The molecular formula is C13H23BrN4O. The van der Waals surface area contributed by atoms with Crippen molar-refractivity contribution in [3.8, 4) is 0 Å². The minimum atomic E-state index is -0.132. The number of hydrogen-bond acceptors (Lipinski definition) is 4. The molecule has 1 heterocycles. The van der Waals surface area contributed by atoms with Gasteiger partial charge in [-0.1, -0.05) is 13.8 Å². The number of hydrogen-bond donors (Lipinski definition) is 1. The standard InChI is InChI=1S/C13H23BrN4O/c1-4-17(5-2)8-7-9-18(6-3)12-11(14)13(19)16-10-15-12/h10H,4-9H2,1-3H3,(H,15,16,19). The molecule has 0 saturated heterocycles. The van der Waals surface area contributed by atoms with Gasteiger partial charge in [-0.3, -0.25) is 4.79 Å². The number of nitrogens with one attached hydrogen (secondary N) is 1. The smallest absolute Gasteiger partial charge is 0.267 e. The molecule has 0 unspecified atom stereocenters. The zero-order valence-electron chi connectivity index (χ0n) is 11.9. The average molecular weight is 331 g/mol. The lowest BCUT2D eigenvalue weighted by molar-refractivity contribution is 0.300. The maximum Gasteiger partial charge on any atom is 0.267 e. The first-order valence-electron chi connectivity index (χ1n) is 6.84. The lowest BCUT2D eigenvalue weighted by Gasteiger charge is -2.24. The Morgan fingerprint density at radius 3 is 2.47 bits per heavy atom. The summed E-state index contributed by atoms with van der Waals surface area (Å²) < 4.78 is 0.514. The SMILES string of the molecule is CCN(CC)CCCN(CC)c1nc[nH]c(=O)c1Br. The van der Waals surface area contributed by atoms with E-state index in [4.69, 9.17) is 0 Å². The number of aromatic amines is 1. The fourth-order valence-electron chi connectivity index (χ4n) is 2.03. The summed E-state index contributed by atoms with van der Waals surface area (Å²) in [4.78, 5) is 22.9. The summed E-state index contributed by atoms with van der Waals surface area (Å²) in [7, 11) is 0. The first-order chi connectivity index (χ1) is 9.13. The van der Waals surface area contributed by atoms with Crippen LogP contribution < -0.4 is 10.5 Å². The van der Waals surface area contributed by atoms with Crippen molar-refractivity contribution >= 4 is 21.7 Å². The van der Waals surface area contributed by atoms with Crippen LogP contribution in [-0.2, 0) is 0 Å². The van der Waals surface area contributed by atoms with Crippen LogP contribution in [0.25, 0.3) is 0 Å². The zero-order chi connectivity index (χ0) is 14.3. The highest BCUT2D eigenvalue weighted by molar-refractivity contribution is 9.10. The third-order valence-electron chi connectivity index (χ3n) is 3.26. The van der Waals surface area contributed by atoms with Crippen molar-refractivity contribution in [3.63, 3.8) is 0 Å². The van der Waals surface area contributed by atoms with Gasteiger partial charge in [0.2, 0.25) is 0 Å². The van der Waals surface area contributed by atoms with E-state index in [0.717, 1.165) is 45.0 Å². The van der Waals surface area contributed by atoms with Crippen molar-refractivity contribution < 1.29 is 0 Å². The molecule has 1 N–H and O–H groups in total. The highest BCUT2D eigenvalue weighted by atomic mass is 79.9. The molecule has 19 heavy (non-hydrogen) atoms. The second-order valence-corrected chi connectivity index (χ2v) is 5.12. The van der Waals surface area contributed by atoms with Crippen LogP contribution in [0.1, 0.15) is 27.2 Å². The lowest BCUT2D eigenvalue weighted by atomic mass is 10.3. The first-order valence-corrected chi connectivity index (χ1v) is 7.63. The maximum atomic E-state index is 11.6. The number of halogens is 1. The summed E-state index contributed by atoms with van der Waals surface area (Å²) in [5.74, 6) is 0.728. The van der Waals surface area contributed by atoms with E-state index in [0.29, 0.717) is 4.47 Å². The molecule has 1 rings (SSSR count). The second kappa shape index (κ2) is 8.32. The fourth-order valence-corrected chi connectivity index (χ4v) is 2.50. The molecule has 108 valence electrons. The van der Waals surface area contributed by atoms with Gasteiger partial charge in [-0.15, -0.1) is 0 Å². The van der Waals surface area contributed by atoms with E-state index in [2.05, 4.69) is 56.5 Å². The van der Waals surface area contributed by atoms with Crippen LogP contribution in [0.15, 0.2) is 15.6 Å². The Labute approximate surface area is 123 Å². The number of rotatable bonds is 8. The topological polar surface area (TPSA) is 52.2 Å². The monoisotopic (exact) mass is 330 g/mol. The number of aromatic nitrogens is 2. The molecule has 0 aliphatic rings. The third-order valence-corrected chi connectivity index (χ3v) is 3.97. The van der Waals surface area contributed by atoms with Crippen molar-refractivity contribution in [2.24, 2.45) is 0 Å². The minimum Gasteiger partial charge on any atom is -0.356 e. The molecule has 1 aromatic heterocycles. The summed E-state index contributed by atoms with van der Waals surface area (Å²) in [5, 5.41) is 0. The predicted octanol–water partition coefficient (Wildman–Crippen LogP) is 2.09. The van der Waals surface area contributed by atoms with Gasteiger partial charge in [0.05, 0.1) is 6.33 Å². The van der Waals surface area contributed by atoms with Crippen molar-refractivity contribution in [3.05, 3.63) is 21.2 Å². The van der Waals surface area contributed by atoms with E-state index in [-0.39, 0.29) is 5.56 Å². The van der Waals surface area contributed by atoms with Gasteiger partial charge in [-0.2, -0.15) is 0 Å². The molecule has 0 fully saturated rings. The van der Waals surface area contributed by atoms with Crippen LogP contribution in [0.2, 0.25) is 0 Å². The average Bonchev–Trinajstić information content (AvgIpc) is 2.43. The Kier molecular flexibility index (Phi) is 7.09. The Morgan fingerprint density at radius 2 is 1.89 bits per heavy atom. The van der Waals surface area contributed by atoms with Crippen LogP contribution in [0, 0.1) is 0 Å². The van der Waals surface area contributed by atoms with E-state index >= 15 is 0 Å². The molecule has 6 heteroatoms. The van der Waals surface area contributed by atoms with Gasteiger partial charge >= 0.3 is 0 Å². The molecule has 0 aliphatic heterocycles. The first kappa shape index (κ1) is 16.2. The Balaban J connectivity index is 2.63. The van der Waals surface area contributed by atoms with E-state index in [1.54, 1.807) is 0 Å².